The van der Waals surface area contributed by atoms with Crippen LogP contribution in [0.3, 0.4) is 0 Å². The van der Waals surface area contributed by atoms with E-state index >= 15 is 0 Å². The predicted octanol–water partition coefficient (Wildman–Crippen LogP) is 2.73. The van der Waals surface area contributed by atoms with Crippen molar-refractivity contribution in [3.05, 3.63) is 52.6 Å². The highest BCUT2D eigenvalue weighted by Gasteiger charge is 2.32. The van der Waals surface area contributed by atoms with Gasteiger partial charge in [-0.05, 0) is 56.5 Å². The number of nitrogens with one attached hydrogen (secondary N) is 1. The average Bonchev–Trinajstić information content (AvgIpc) is 2.93. The van der Waals surface area contributed by atoms with E-state index in [0.717, 1.165) is 30.7 Å². The highest BCUT2D eigenvalue weighted by atomic mass is 15.1. The zero-order chi connectivity index (χ0) is 14.8. The number of hydrogen-bond donors (Lipinski definition) is 1. The van der Waals surface area contributed by atoms with Crippen molar-refractivity contribution in [2.24, 2.45) is 0 Å². The van der Waals surface area contributed by atoms with Crippen molar-refractivity contribution in [1.82, 2.24) is 20.5 Å². The SMILES string of the molecule is CCc1nnc(C)cc1C(NC)C1CCc2cccnc21. The Morgan fingerprint density at radius 2 is 2.24 bits per heavy atom. The summed E-state index contributed by atoms with van der Waals surface area (Å²) in [4.78, 5) is 4.64. The van der Waals surface area contributed by atoms with Crippen molar-refractivity contribution < 1.29 is 0 Å². The van der Waals surface area contributed by atoms with Crippen molar-refractivity contribution in [2.45, 2.75) is 45.1 Å². The summed E-state index contributed by atoms with van der Waals surface area (Å²) >= 11 is 0. The second-order valence-corrected chi connectivity index (χ2v) is 5.70. The molecule has 0 saturated heterocycles. The molecule has 2 aromatic rings. The molecule has 0 aromatic carbocycles. The Balaban J connectivity index is 2.02. The van der Waals surface area contributed by atoms with E-state index < -0.39 is 0 Å². The first-order valence-corrected chi connectivity index (χ1v) is 7.68. The normalized spacial score (nSPS) is 18.5. The third kappa shape index (κ3) is 2.56. The zero-order valence-corrected chi connectivity index (χ0v) is 12.9. The number of aryl methyl sites for hydroxylation is 3. The van der Waals surface area contributed by atoms with Gasteiger partial charge in [-0.15, -0.1) is 0 Å². The molecule has 1 N–H and O–H groups in total. The van der Waals surface area contributed by atoms with Gasteiger partial charge in [-0.1, -0.05) is 13.0 Å². The molecule has 0 saturated carbocycles. The Bertz CT molecular complexity index is 638. The van der Waals surface area contributed by atoms with Crippen LogP contribution in [0.4, 0.5) is 0 Å². The summed E-state index contributed by atoms with van der Waals surface area (Å²) in [6, 6.07) is 6.66. The van der Waals surface area contributed by atoms with Gasteiger partial charge in [0.15, 0.2) is 0 Å². The molecule has 4 nitrogen and oxygen atoms in total. The molecule has 3 rings (SSSR count). The molecule has 0 spiro atoms. The number of nitrogens with zero attached hydrogens (tertiary/aromatic N) is 3. The van der Waals surface area contributed by atoms with Gasteiger partial charge < -0.3 is 5.32 Å². The molecule has 2 atom stereocenters. The van der Waals surface area contributed by atoms with Crippen LogP contribution in [0.25, 0.3) is 0 Å². The first-order chi connectivity index (χ1) is 10.2. The largest absolute Gasteiger partial charge is 0.312 e. The summed E-state index contributed by atoms with van der Waals surface area (Å²) in [5, 5.41) is 12.1. The molecular formula is C17H22N4. The van der Waals surface area contributed by atoms with Crippen LogP contribution in [0, 0.1) is 6.92 Å². The fourth-order valence-corrected chi connectivity index (χ4v) is 3.42. The summed E-state index contributed by atoms with van der Waals surface area (Å²) in [6.07, 6.45) is 5.07. The Hall–Kier alpha value is -1.81. The lowest BCUT2D eigenvalue weighted by Crippen LogP contribution is -2.25. The van der Waals surface area contributed by atoms with Gasteiger partial charge >= 0.3 is 0 Å². The third-order valence-corrected chi connectivity index (χ3v) is 4.41. The van der Waals surface area contributed by atoms with Crippen LogP contribution >= 0.6 is 0 Å². The second-order valence-electron chi connectivity index (χ2n) is 5.70. The smallest absolute Gasteiger partial charge is 0.0676 e. The average molecular weight is 282 g/mol. The Morgan fingerprint density at radius 3 is 3.00 bits per heavy atom. The molecule has 1 aliphatic carbocycles. The molecule has 1 aliphatic rings. The molecule has 110 valence electrons. The van der Waals surface area contributed by atoms with Gasteiger partial charge in [-0.25, -0.2) is 0 Å². The van der Waals surface area contributed by atoms with Crippen LogP contribution in [0.2, 0.25) is 0 Å². The van der Waals surface area contributed by atoms with E-state index in [4.69, 9.17) is 0 Å². The fraction of sp³-hybridized carbons (Fsp3) is 0.471. The highest BCUT2D eigenvalue weighted by Crippen LogP contribution is 2.40. The number of aromatic nitrogens is 3. The van der Waals surface area contributed by atoms with E-state index in [-0.39, 0.29) is 6.04 Å². The number of rotatable bonds is 4. The molecule has 4 heteroatoms. The molecule has 2 aromatic heterocycles. The summed E-state index contributed by atoms with van der Waals surface area (Å²) < 4.78 is 0. The van der Waals surface area contributed by atoms with Crippen LogP contribution in [0.1, 0.15) is 53.5 Å². The molecular weight excluding hydrogens is 260 g/mol. The van der Waals surface area contributed by atoms with Gasteiger partial charge in [0.1, 0.15) is 0 Å². The standard InChI is InChI=1S/C17H22N4/c1-4-15-14(10-11(2)20-21-15)17(18-3)13-8-7-12-6-5-9-19-16(12)13/h5-6,9-10,13,17-18H,4,7-8H2,1-3H3. The van der Waals surface area contributed by atoms with Crippen LogP contribution in [-0.4, -0.2) is 22.2 Å². The minimum Gasteiger partial charge on any atom is -0.312 e. The highest BCUT2D eigenvalue weighted by molar-refractivity contribution is 5.35. The van der Waals surface area contributed by atoms with Gasteiger partial charge in [-0.2, -0.15) is 10.2 Å². The van der Waals surface area contributed by atoms with Crippen molar-refractivity contribution >= 4 is 0 Å². The lowest BCUT2D eigenvalue weighted by Gasteiger charge is -2.25. The quantitative estimate of drug-likeness (QED) is 0.937. The van der Waals surface area contributed by atoms with Crippen LogP contribution < -0.4 is 5.32 Å². The minimum absolute atomic E-state index is 0.255. The van der Waals surface area contributed by atoms with Crippen LogP contribution in [0.15, 0.2) is 24.4 Å². The molecule has 0 radical (unpaired) electrons. The molecule has 21 heavy (non-hydrogen) atoms. The van der Waals surface area contributed by atoms with E-state index in [1.807, 2.05) is 26.2 Å². The van der Waals surface area contributed by atoms with Gasteiger partial charge in [0.25, 0.3) is 0 Å². The van der Waals surface area contributed by atoms with E-state index in [2.05, 4.69) is 39.6 Å². The van der Waals surface area contributed by atoms with Gasteiger partial charge in [-0.3, -0.25) is 4.98 Å². The first kappa shape index (κ1) is 14.1. The van der Waals surface area contributed by atoms with Gasteiger partial charge in [0, 0.05) is 23.9 Å². The van der Waals surface area contributed by atoms with Gasteiger partial charge in [0.2, 0.25) is 0 Å². The summed E-state index contributed by atoms with van der Waals surface area (Å²) in [7, 11) is 2.03. The molecule has 0 bridgehead atoms. The number of hydrogen-bond acceptors (Lipinski definition) is 4. The second kappa shape index (κ2) is 5.90. The van der Waals surface area contributed by atoms with Crippen molar-refractivity contribution in [1.29, 1.82) is 0 Å². The Kier molecular flexibility index (Phi) is 3.97. The maximum Gasteiger partial charge on any atom is 0.0676 e. The van der Waals surface area contributed by atoms with E-state index in [0.29, 0.717) is 5.92 Å². The molecule has 0 amide bonds. The third-order valence-electron chi connectivity index (χ3n) is 4.41. The number of pyridine rings is 1. The van der Waals surface area contributed by atoms with E-state index in [9.17, 15) is 0 Å². The zero-order valence-electron chi connectivity index (χ0n) is 12.9. The molecule has 0 aliphatic heterocycles. The molecule has 2 unspecified atom stereocenters. The van der Waals surface area contributed by atoms with Crippen molar-refractivity contribution in [3.8, 4) is 0 Å². The van der Waals surface area contributed by atoms with Gasteiger partial charge in [0.05, 0.1) is 11.4 Å². The van der Waals surface area contributed by atoms with Crippen LogP contribution in [-0.2, 0) is 12.8 Å². The number of likely N-dealkylation sites (N-methyl/N-ethyl adjacent to an activating group) is 1. The fourth-order valence-electron chi connectivity index (χ4n) is 3.42. The maximum absolute atomic E-state index is 4.64. The minimum atomic E-state index is 0.255. The number of fused-ring (bicyclic) bond motifs is 1. The van der Waals surface area contributed by atoms with E-state index in [1.54, 1.807) is 0 Å². The molecule has 2 heterocycles. The first-order valence-electron chi connectivity index (χ1n) is 7.68. The monoisotopic (exact) mass is 282 g/mol. The summed E-state index contributed by atoms with van der Waals surface area (Å²) in [5.74, 6) is 0.417. The van der Waals surface area contributed by atoms with Crippen molar-refractivity contribution in [2.75, 3.05) is 7.05 Å². The molecule has 0 fully saturated rings. The maximum atomic E-state index is 4.64. The predicted molar refractivity (Wildman–Crippen MR) is 83.2 cm³/mol. The van der Waals surface area contributed by atoms with Crippen molar-refractivity contribution in [3.63, 3.8) is 0 Å². The Morgan fingerprint density at radius 1 is 1.38 bits per heavy atom. The summed E-state index contributed by atoms with van der Waals surface area (Å²) in [5.41, 5.74) is 5.97. The topological polar surface area (TPSA) is 50.7 Å². The lowest BCUT2D eigenvalue weighted by atomic mass is 9.89. The van der Waals surface area contributed by atoms with E-state index in [1.165, 1.54) is 16.8 Å². The Labute approximate surface area is 126 Å². The lowest BCUT2D eigenvalue weighted by molar-refractivity contribution is 0.464. The summed E-state index contributed by atoms with van der Waals surface area (Å²) in [6.45, 7) is 4.14. The van der Waals surface area contributed by atoms with Crippen LogP contribution in [0.5, 0.6) is 0 Å².